The zero-order valence-electron chi connectivity index (χ0n) is 15.1. The average Bonchev–Trinajstić information content (AvgIpc) is 3.02. The summed E-state index contributed by atoms with van der Waals surface area (Å²) >= 11 is 1.51. The van der Waals surface area contributed by atoms with Gasteiger partial charge in [0, 0.05) is 36.2 Å². The van der Waals surface area contributed by atoms with E-state index < -0.39 is 17.0 Å². The SMILES string of the molecule is CC(C)(F)c1nc(N2CC3CSC(N)=NC3(c3cccnc3)C2)ncc1F. The second-order valence-corrected chi connectivity index (χ2v) is 8.38. The largest absolute Gasteiger partial charge is 0.379 e. The fraction of sp³-hybridized carbons (Fsp3) is 0.444. The Morgan fingerprint density at radius 1 is 1.37 bits per heavy atom. The Kier molecular flexibility index (Phi) is 4.29. The lowest BCUT2D eigenvalue weighted by atomic mass is 9.83. The lowest BCUT2D eigenvalue weighted by Gasteiger charge is -2.34. The fourth-order valence-corrected chi connectivity index (χ4v) is 4.70. The van der Waals surface area contributed by atoms with E-state index in [4.69, 9.17) is 10.7 Å². The predicted molar refractivity (Wildman–Crippen MR) is 102 cm³/mol. The third kappa shape index (κ3) is 3.13. The highest BCUT2D eigenvalue weighted by Crippen LogP contribution is 2.45. The number of aromatic nitrogens is 3. The molecule has 27 heavy (non-hydrogen) atoms. The molecule has 2 aliphatic rings. The fourth-order valence-electron chi connectivity index (χ4n) is 3.72. The van der Waals surface area contributed by atoms with E-state index in [9.17, 15) is 8.78 Å². The molecule has 0 bridgehead atoms. The van der Waals surface area contributed by atoms with Crippen LogP contribution in [-0.2, 0) is 11.2 Å². The van der Waals surface area contributed by atoms with Crippen molar-refractivity contribution in [3.63, 3.8) is 0 Å². The lowest BCUT2D eigenvalue weighted by molar-refractivity contribution is 0.205. The zero-order valence-corrected chi connectivity index (χ0v) is 15.9. The number of nitrogens with zero attached hydrogens (tertiary/aromatic N) is 5. The molecule has 2 aromatic heterocycles. The minimum Gasteiger partial charge on any atom is -0.379 e. The quantitative estimate of drug-likeness (QED) is 0.868. The molecule has 1 fully saturated rings. The molecule has 2 unspecified atom stereocenters. The Labute approximate surface area is 160 Å². The molecule has 142 valence electrons. The van der Waals surface area contributed by atoms with Crippen molar-refractivity contribution in [3.8, 4) is 0 Å². The molecule has 0 aliphatic carbocycles. The van der Waals surface area contributed by atoms with Gasteiger partial charge in [-0.05, 0) is 19.9 Å². The summed E-state index contributed by atoms with van der Waals surface area (Å²) in [7, 11) is 0. The van der Waals surface area contributed by atoms with Crippen LogP contribution in [0.15, 0.2) is 35.7 Å². The molecule has 0 aromatic carbocycles. The van der Waals surface area contributed by atoms with Gasteiger partial charge in [-0.15, -0.1) is 0 Å². The van der Waals surface area contributed by atoms with Crippen LogP contribution in [-0.4, -0.2) is 39.0 Å². The molecule has 4 rings (SSSR count). The van der Waals surface area contributed by atoms with Gasteiger partial charge in [0.25, 0.3) is 0 Å². The molecule has 4 heterocycles. The van der Waals surface area contributed by atoms with E-state index in [0.29, 0.717) is 24.2 Å². The van der Waals surface area contributed by atoms with E-state index in [2.05, 4.69) is 15.0 Å². The maximum atomic E-state index is 14.3. The lowest BCUT2D eigenvalue weighted by Crippen LogP contribution is -2.40. The molecule has 2 aromatic rings. The average molecular weight is 390 g/mol. The van der Waals surface area contributed by atoms with Crippen molar-refractivity contribution in [2.75, 3.05) is 23.7 Å². The molecule has 2 aliphatic heterocycles. The number of fused-ring (bicyclic) bond motifs is 1. The Bertz CT molecular complexity index is 885. The van der Waals surface area contributed by atoms with Crippen LogP contribution in [0.5, 0.6) is 0 Å². The summed E-state index contributed by atoms with van der Waals surface area (Å²) in [5.74, 6) is 0.509. The van der Waals surface area contributed by atoms with Crippen molar-refractivity contribution in [1.29, 1.82) is 0 Å². The number of aliphatic imine (C=N–C) groups is 1. The van der Waals surface area contributed by atoms with Gasteiger partial charge in [-0.1, -0.05) is 17.8 Å². The van der Waals surface area contributed by atoms with Gasteiger partial charge in [0.05, 0.1) is 12.7 Å². The number of anilines is 1. The number of nitrogens with two attached hydrogens (primary N) is 1. The third-order valence-electron chi connectivity index (χ3n) is 5.03. The third-order valence-corrected chi connectivity index (χ3v) is 5.99. The summed E-state index contributed by atoms with van der Waals surface area (Å²) < 4.78 is 28.3. The van der Waals surface area contributed by atoms with Gasteiger partial charge < -0.3 is 10.6 Å². The Morgan fingerprint density at radius 3 is 2.89 bits per heavy atom. The summed E-state index contributed by atoms with van der Waals surface area (Å²) in [6.07, 6.45) is 4.54. The van der Waals surface area contributed by atoms with E-state index in [1.807, 2.05) is 17.0 Å². The van der Waals surface area contributed by atoms with Crippen LogP contribution in [0.4, 0.5) is 14.7 Å². The number of thioether (sulfide) groups is 1. The van der Waals surface area contributed by atoms with Crippen LogP contribution in [0.3, 0.4) is 0 Å². The van der Waals surface area contributed by atoms with E-state index >= 15 is 0 Å². The predicted octanol–water partition coefficient (Wildman–Crippen LogP) is 2.61. The van der Waals surface area contributed by atoms with Crippen molar-refractivity contribution >= 4 is 22.9 Å². The van der Waals surface area contributed by atoms with Crippen molar-refractivity contribution in [2.24, 2.45) is 16.6 Å². The van der Waals surface area contributed by atoms with Crippen LogP contribution in [0.2, 0.25) is 0 Å². The topological polar surface area (TPSA) is 80.3 Å². The van der Waals surface area contributed by atoms with Crippen molar-refractivity contribution < 1.29 is 8.78 Å². The van der Waals surface area contributed by atoms with E-state index in [1.54, 1.807) is 12.4 Å². The van der Waals surface area contributed by atoms with Gasteiger partial charge in [-0.2, -0.15) is 0 Å². The van der Waals surface area contributed by atoms with Gasteiger partial charge in [-0.3, -0.25) is 4.98 Å². The van der Waals surface area contributed by atoms with E-state index in [0.717, 1.165) is 17.5 Å². The van der Waals surface area contributed by atoms with Gasteiger partial charge in [-0.25, -0.2) is 23.7 Å². The minimum absolute atomic E-state index is 0.162. The minimum atomic E-state index is -1.90. The molecule has 2 atom stereocenters. The Balaban J connectivity index is 1.75. The highest BCUT2D eigenvalue weighted by molar-refractivity contribution is 8.13. The normalized spacial score (nSPS) is 25.3. The number of hydrogen-bond donors (Lipinski definition) is 1. The number of alkyl halides is 1. The number of hydrogen-bond acceptors (Lipinski definition) is 7. The van der Waals surface area contributed by atoms with Crippen LogP contribution in [0.1, 0.15) is 25.1 Å². The van der Waals surface area contributed by atoms with Gasteiger partial charge >= 0.3 is 0 Å². The van der Waals surface area contributed by atoms with Gasteiger partial charge in [0.15, 0.2) is 11.0 Å². The van der Waals surface area contributed by atoms with E-state index in [-0.39, 0.29) is 11.6 Å². The molecule has 0 amide bonds. The summed E-state index contributed by atoms with van der Waals surface area (Å²) in [4.78, 5) is 19.2. The first-order valence-electron chi connectivity index (χ1n) is 8.65. The molecule has 2 N–H and O–H groups in total. The second kappa shape index (κ2) is 6.40. The first-order valence-corrected chi connectivity index (χ1v) is 9.64. The first-order chi connectivity index (χ1) is 12.8. The molecule has 0 saturated carbocycles. The molecule has 1 saturated heterocycles. The van der Waals surface area contributed by atoms with Gasteiger partial charge in [0.2, 0.25) is 5.95 Å². The number of halogens is 2. The highest BCUT2D eigenvalue weighted by atomic mass is 32.2. The summed E-state index contributed by atoms with van der Waals surface area (Å²) in [5.41, 5.74) is 4.31. The van der Waals surface area contributed by atoms with Crippen LogP contribution < -0.4 is 10.6 Å². The number of rotatable bonds is 3. The Morgan fingerprint density at radius 2 is 2.19 bits per heavy atom. The monoisotopic (exact) mass is 390 g/mol. The van der Waals surface area contributed by atoms with Crippen LogP contribution in [0, 0.1) is 11.7 Å². The molecule has 6 nitrogen and oxygen atoms in total. The maximum absolute atomic E-state index is 14.3. The number of amidine groups is 1. The molecular weight excluding hydrogens is 370 g/mol. The molecular formula is C18H20F2N6S. The van der Waals surface area contributed by atoms with Crippen molar-refractivity contribution in [2.45, 2.75) is 25.1 Å². The molecule has 9 heteroatoms. The summed E-state index contributed by atoms with van der Waals surface area (Å²) in [5, 5.41) is 0.530. The van der Waals surface area contributed by atoms with Crippen LogP contribution >= 0.6 is 11.8 Å². The summed E-state index contributed by atoms with van der Waals surface area (Å²) in [6.45, 7) is 3.66. The van der Waals surface area contributed by atoms with E-state index in [1.165, 1.54) is 25.6 Å². The first kappa shape index (κ1) is 18.1. The van der Waals surface area contributed by atoms with Crippen molar-refractivity contribution in [1.82, 2.24) is 15.0 Å². The number of pyridine rings is 1. The zero-order chi connectivity index (χ0) is 19.2. The second-order valence-electron chi connectivity index (χ2n) is 7.34. The van der Waals surface area contributed by atoms with Crippen LogP contribution in [0.25, 0.3) is 0 Å². The Hall–Kier alpha value is -2.29. The molecule has 0 spiro atoms. The molecule has 0 radical (unpaired) electrons. The standard InChI is InChI=1S/C18H20F2N6S/c1-17(2,20)14-13(19)7-23-16(24-14)26-8-12-9-27-15(21)25-18(12,10-26)11-4-3-5-22-6-11/h3-7,12H,8-10H2,1-2H3,(H2,21,25). The van der Waals surface area contributed by atoms with Crippen molar-refractivity contribution in [3.05, 3.63) is 47.8 Å². The smallest absolute Gasteiger partial charge is 0.225 e. The highest BCUT2D eigenvalue weighted by Gasteiger charge is 2.51. The maximum Gasteiger partial charge on any atom is 0.225 e. The summed E-state index contributed by atoms with van der Waals surface area (Å²) in [6, 6.07) is 3.85. The van der Waals surface area contributed by atoms with Gasteiger partial charge in [0.1, 0.15) is 16.9 Å².